The van der Waals surface area contributed by atoms with Crippen molar-refractivity contribution in [2.45, 2.75) is 6.42 Å². The highest BCUT2D eigenvalue weighted by molar-refractivity contribution is 6.34. The summed E-state index contributed by atoms with van der Waals surface area (Å²) in [5.41, 5.74) is 2.07. The Morgan fingerprint density at radius 3 is 2.60 bits per heavy atom. The zero-order valence-electron chi connectivity index (χ0n) is 18.3. The van der Waals surface area contributed by atoms with Gasteiger partial charge >= 0.3 is 0 Å². The number of amides is 2. The van der Waals surface area contributed by atoms with Crippen LogP contribution in [-0.4, -0.2) is 33.3 Å². The molecule has 0 saturated heterocycles. The van der Waals surface area contributed by atoms with Crippen molar-refractivity contribution >= 4 is 46.2 Å². The third-order valence-electron chi connectivity index (χ3n) is 5.09. The third kappa shape index (κ3) is 5.90. The van der Waals surface area contributed by atoms with Gasteiger partial charge in [-0.2, -0.15) is 0 Å². The largest absolute Gasteiger partial charge is 0.350 e. The number of halogens is 1. The lowest BCUT2D eigenvalue weighted by Gasteiger charge is -2.12. The van der Waals surface area contributed by atoms with Gasteiger partial charge in [0.15, 0.2) is 0 Å². The number of para-hydroxylation sites is 2. The Balaban J connectivity index is 1.53. The number of hydrogen-bond acceptors (Lipinski definition) is 5. The van der Waals surface area contributed by atoms with Gasteiger partial charge in [0.1, 0.15) is 11.5 Å². The number of nitro groups is 1. The molecule has 0 spiro atoms. The maximum Gasteiger partial charge on any atom is 0.270 e. The van der Waals surface area contributed by atoms with Crippen molar-refractivity contribution in [3.05, 3.63) is 111 Å². The van der Waals surface area contributed by atoms with E-state index in [2.05, 4.69) is 20.6 Å². The highest BCUT2D eigenvalue weighted by Crippen LogP contribution is 2.18. The molecule has 4 aromatic rings. The topological polar surface area (TPSA) is 130 Å². The van der Waals surface area contributed by atoms with Crippen molar-refractivity contribution in [1.82, 2.24) is 20.6 Å². The van der Waals surface area contributed by atoms with Crippen molar-refractivity contribution in [3.8, 4) is 0 Å². The van der Waals surface area contributed by atoms with Gasteiger partial charge in [-0.25, -0.2) is 4.98 Å². The average molecular weight is 490 g/mol. The summed E-state index contributed by atoms with van der Waals surface area (Å²) in [4.78, 5) is 44.0. The predicted octanol–water partition coefficient (Wildman–Crippen LogP) is 4.25. The van der Waals surface area contributed by atoms with Gasteiger partial charge in [0.25, 0.3) is 17.5 Å². The van der Waals surface area contributed by atoms with Gasteiger partial charge in [-0.3, -0.25) is 19.7 Å². The summed E-state index contributed by atoms with van der Waals surface area (Å²) in [5.74, 6) is -0.441. The molecule has 0 unspecified atom stereocenters. The summed E-state index contributed by atoms with van der Waals surface area (Å²) in [6.07, 6.45) is 1.81. The molecule has 1 aromatic heterocycles. The van der Waals surface area contributed by atoms with Crippen molar-refractivity contribution in [1.29, 1.82) is 0 Å². The van der Waals surface area contributed by atoms with Crippen LogP contribution in [0.25, 0.3) is 17.1 Å². The first-order valence-corrected chi connectivity index (χ1v) is 11.0. The minimum Gasteiger partial charge on any atom is -0.350 e. The number of H-pyrrole nitrogens is 1. The maximum absolute atomic E-state index is 13.0. The van der Waals surface area contributed by atoms with Crippen LogP contribution in [0.4, 0.5) is 5.69 Å². The SMILES string of the molecule is O=C(NCCc1nc2ccccc2[nH]1)/C(=C/c1cccc([N+](=O)[O-])c1)NC(=O)c1ccccc1Cl. The Labute approximate surface area is 205 Å². The molecule has 176 valence electrons. The first kappa shape index (κ1) is 23.7. The van der Waals surface area contributed by atoms with E-state index in [1.807, 2.05) is 24.3 Å². The van der Waals surface area contributed by atoms with Gasteiger partial charge in [-0.15, -0.1) is 0 Å². The lowest BCUT2D eigenvalue weighted by molar-refractivity contribution is -0.384. The Kier molecular flexibility index (Phi) is 7.18. The molecule has 3 N–H and O–H groups in total. The molecule has 0 bridgehead atoms. The Morgan fingerprint density at radius 1 is 1.06 bits per heavy atom. The molecule has 9 nitrogen and oxygen atoms in total. The standard InChI is InChI=1S/C25H20ClN5O4/c26-19-9-2-1-8-18(19)24(32)30-22(15-16-6-5-7-17(14-16)31(34)35)25(33)27-13-12-23-28-20-10-3-4-11-21(20)29-23/h1-11,14-15H,12-13H2,(H,27,33)(H,28,29)(H,30,32)/b22-15-. The van der Waals surface area contributed by atoms with Gasteiger partial charge in [0, 0.05) is 25.1 Å². The summed E-state index contributed by atoms with van der Waals surface area (Å²) in [7, 11) is 0. The number of nitro benzene ring substituents is 1. The Bertz CT molecular complexity index is 1410. The number of aromatic nitrogens is 2. The lowest BCUT2D eigenvalue weighted by atomic mass is 10.1. The predicted molar refractivity (Wildman–Crippen MR) is 133 cm³/mol. The fraction of sp³-hybridized carbons (Fsp3) is 0.0800. The normalized spacial score (nSPS) is 11.3. The first-order chi connectivity index (χ1) is 16.9. The molecule has 2 amide bonds. The number of nitrogens with zero attached hydrogens (tertiary/aromatic N) is 2. The molecule has 10 heteroatoms. The van der Waals surface area contributed by atoms with Gasteiger partial charge in [-0.05, 0) is 35.9 Å². The van der Waals surface area contributed by atoms with Crippen LogP contribution in [0.5, 0.6) is 0 Å². The second kappa shape index (κ2) is 10.6. The smallest absolute Gasteiger partial charge is 0.270 e. The number of nitrogens with one attached hydrogen (secondary N) is 3. The number of imidazole rings is 1. The van der Waals surface area contributed by atoms with Gasteiger partial charge in [0.05, 0.1) is 26.5 Å². The molecule has 0 aliphatic carbocycles. The average Bonchev–Trinajstić information content (AvgIpc) is 3.26. The summed E-state index contributed by atoms with van der Waals surface area (Å²) in [6.45, 7) is 0.243. The molecule has 3 aromatic carbocycles. The molecule has 4 rings (SSSR count). The fourth-order valence-electron chi connectivity index (χ4n) is 3.40. The molecule has 0 saturated carbocycles. The van der Waals surface area contributed by atoms with Crippen molar-refractivity contribution in [2.75, 3.05) is 6.54 Å². The van der Waals surface area contributed by atoms with E-state index in [1.165, 1.54) is 30.3 Å². The number of carbonyl (C=O) groups is 2. The van der Waals surface area contributed by atoms with E-state index >= 15 is 0 Å². The van der Waals surface area contributed by atoms with Crippen LogP contribution >= 0.6 is 11.6 Å². The zero-order valence-corrected chi connectivity index (χ0v) is 19.1. The summed E-state index contributed by atoms with van der Waals surface area (Å²) < 4.78 is 0. The van der Waals surface area contributed by atoms with E-state index in [0.717, 1.165) is 11.0 Å². The van der Waals surface area contributed by atoms with E-state index in [0.29, 0.717) is 17.8 Å². The van der Waals surface area contributed by atoms with E-state index in [1.54, 1.807) is 24.3 Å². The van der Waals surface area contributed by atoms with Crippen LogP contribution < -0.4 is 10.6 Å². The number of fused-ring (bicyclic) bond motifs is 1. The van der Waals surface area contributed by atoms with E-state index < -0.39 is 16.7 Å². The second-order valence-corrected chi connectivity index (χ2v) is 7.96. The zero-order chi connectivity index (χ0) is 24.8. The van der Waals surface area contributed by atoms with Crippen LogP contribution in [0.2, 0.25) is 5.02 Å². The first-order valence-electron chi connectivity index (χ1n) is 10.6. The van der Waals surface area contributed by atoms with Gasteiger partial charge in [0.2, 0.25) is 0 Å². The van der Waals surface area contributed by atoms with Crippen LogP contribution in [0.15, 0.2) is 78.5 Å². The van der Waals surface area contributed by atoms with Crippen molar-refractivity contribution in [3.63, 3.8) is 0 Å². The molecule has 0 aliphatic heterocycles. The van der Waals surface area contributed by atoms with Gasteiger partial charge < -0.3 is 15.6 Å². The highest BCUT2D eigenvalue weighted by Gasteiger charge is 2.17. The Morgan fingerprint density at radius 2 is 1.83 bits per heavy atom. The summed E-state index contributed by atoms with van der Waals surface area (Å²) in [5, 5.41) is 16.7. The molecule has 35 heavy (non-hydrogen) atoms. The highest BCUT2D eigenvalue weighted by atomic mass is 35.5. The van der Waals surface area contributed by atoms with Crippen LogP contribution in [0.1, 0.15) is 21.7 Å². The summed E-state index contributed by atoms with van der Waals surface area (Å²) >= 11 is 6.12. The third-order valence-corrected chi connectivity index (χ3v) is 5.42. The van der Waals surface area contributed by atoms with Crippen LogP contribution in [-0.2, 0) is 11.2 Å². The van der Waals surface area contributed by atoms with Crippen LogP contribution in [0, 0.1) is 10.1 Å². The van der Waals surface area contributed by atoms with E-state index in [4.69, 9.17) is 11.6 Å². The molecule has 0 radical (unpaired) electrons. The lowest BCUT2D eigenvalue weighted by Crippen LogP contribution is -2.36. The number of benzene rings is 3. The molecule has 0 fully saturated rings. The molecular weight excluding hydrogens is 470 g/mol. The van der Waals surface area contributed by atoms with E-state index in [-0.39, 0.29) is 28.5 Å². The molecule has 0 atom stereocenters. The number of rotatable bonds is 8. The minimum absolute atomic E-state index is 0.0833. The minimum atomic E-state index is -0.584. The fourth-order valence-corrected chi connectivity index (χ4v) is 3.62. The number of non-ortho nitro benzene ring substituents is 1. The molecular formula is C25H20ClN5O4. The number of hydrogen-bond donors (Lipinski definition) is 3. The Hall–Kier alpha value is -4.50. The summed E-state index contributed by atoms with van der Waals surface area (Å²) in [6, 6.07) is 19.8. The monoisotopic (exact) mass is 489 g/mol. The number of aromatic amines is 1. The molecule has 0 aliphatic rings. The van der Waals surface area contributed by atoms with Crippen molar-refractivity contribution < 1.29 is 14.5 Å². The maximum atomic E-state index is 13.0. The van der Waals surface area contributed by atoms with Gasteiger partial charge in [-0.1, -0.05) is 48.0 Å². The number of carbonyl (C=O) groups excluding carboxylic acids is 2. The van der Waals surface area contributed by atoms with Crippen LogP contribution in [0.3, 0.4) is 0 Å². The van der Waals surface area contributed by atoms with Crippen molar-refractivity contribution in [2.24, 2.45) is 0 Å². The second-order valence-electron chi connectivity index (χ2n) is 7.55. The molecule has 1 heterocycles. The quantitative estimate of drug-likeness (QED) is 0.193. The van der Waals surface area contributed by atoms with E-state index in [9.17, 15) is 19.7 Å².